The maximum Gasteiger partial charge on any atom is 0.0304 e. The quantitative estimate of drug-likeness (QED) is 0.823. The van der Waals surface area contributed by atoms with E-state index in [1.54, 1.807) is 0 Å². The summed E-state index contributed by atoms with van der Waals surface area (Å²) in [6, 6.07) is 2.91. The average Bonchev–Trinajstić information content (AvgIpc) is 2.53. The molecule has 15 heavy (non-hydrogen) atoms. The Morgan fingerprint density at radius 2 is 2.40 bits per heavy atom. The van der Waals surface area contributed by atoms with Crippen LogP contribution in [0.4, 0.5) is 0 Å². The normalized spacial score (nSPS) is 22.6. The molecule has 1 aliphatic heterocycles. The first-order valence-electron chi connectivity index (χ1n) is 5.83. The van der Waals surface area contributed by atoms with Crippen molar-refractivity contribution in [1.29, 1.82) is 0 Å². The zero-order valence-corrected chi connectivity index (χ0v) is 10.2. The molecule has 0 bridgehead atoms. The van der Waals surface area contributed by atoms with E-state index < -0.39 is 0 Å². The summed E-state index contributed by atoms with van der Waals surface area (Å²) in [4.78, 5) is 1.49. The fourth-order valence-corrected chi connectivity index (χ4v) is 2.90. The second kappa shape index (κ2) is 5.64. The molecule has 3 heteroatoms. The first-order chi connectivity index (χ1) is 7.36. The van der Waals surface area contributed by atoms with Gasteiger partial charge in [0, 0.05) is 17.5 Å². The van der Waals surface area contributed by atoms with Gasteiger partial charge in [-0.25, -0.2) is 0 Å². The Bertz CT molecular complexity index is 288. The number of nitrogens with one attached hydrogen (secondary N) is 2. The highest BCUT2D eigenvalue weighted by Gasteiger charge is 2.11. The summed E-state index contributed by atoms with van der Waals surface area (Å²) in [7, 11) is 0. The van der Waals surface area contributed by atoms with Gasteiger partial charge in [-0.05, 0) is 56.3 Å². The third kappa shape index (κ3) is 3.30. The largest absolute Gasteiger partial charge is 0.317 e. The Kier molecular flexibility index (Phi) is 4.18. The highest BCUT2D eigenvalue weighted by molar-refractivity contribution is 7.10. The van der Waals surface area contributed by atoms with E-state index in [1.807, 2.05) is 11.3 Å². The smallest absolute Gasteiger partial charge is 0.0304 e. The van der Waals surface area contributed by atoms with Crippen LogP contribution in [0.15, 0.2) is 11.4 Å². The Labute approximate surface area is 96.1 Å². The predicted molar refractivity (Wildman–Crippen MR) is 66.4 cm³/mol. The summed E-state index contributed by atoms with van der Waals surface area (Å²) >= 11 is 1.87. The molecule has 1 atom stereocenters. The molecule has 1 unspecified atom stereocenters. The van der Waals surface area contributed by atoms with Crippen molar-refractivity contribution in [3.8, 4) is 0 Å². The van der Waals surface area contributed by atoms with Crippen molar-refractivity contribution in [1.82, 2.24) is 10.6 Å². The molecule has 0 radical (unpaired) electrons. The van der Waals surface area contributed by atoms with Crippen molar-refractivity contribution >= 4 is 11.3 Å². The fraction of sp³-hybridized carbons (Fsp3) is 0.667. The maximum atomic E-state index is 3.68. The Morgan fingerprint density at radius 3 is 3.20 bits per heavy atom. The van der Waals surface area contributed by atoms with Crippen molar-refractivity contribution in [3.63, 3.8) is 0 Å². The SMILES string of the molecule is Cc1ccsc1CNC1CCCNCC1. The summed E-state index contributed by atoms with van der Waals surface area (Å²) in [6.45, 7) is 5.60. The van der Waals surface area contributed by atoms with Gasteiger partial charge in [0.05, 0.1) is 0 Å². The molecule has 1 aromatic rings. The second-order valence-corrected chi connectivity index (χ2v) is 5.29. The lowest BCUT2D eigenvalue weighted by Crippen LogP contribution is -2.29. The molecule has 0 amide bonds. The number of hydrogen-bond acceptors (Lipinski definition) is 3. The Hall–Kier alpha value is -0.380. The molecule has 2 rings (SSSR count). The second-order valence-electron chi connectivity index (χ2n) is 4.29. The van der Waals surface area contributed by atoms with Crippen LogP contribution in [0.2, 0.25) is 0 Å². The minimum absolute atomic E-state index is 0.710. The van der Waals surface area contributed by atoms with Gasteiger partial charge in [-0.1, -0.05) is 0 Å². The van der Waals surface area contributed by atoms with E-state index in [-0.39, 0.29) is 0 Å². The van der Waals surface area contributed by atoms with Crippen molar-refractivity contribution in [2.24, 2.45) is 0 Å². The van der Waals surface area contributed by atoms with Gasteiger partial charge in [0.1, 0.15) is 0 Å². The lowest BCUT2D eigenvalue weighted by molar-refractivity contribution is 0.470. The van der Waals surface area contributed by atoms with Gasteiger partial charge in [-0.2, -0.15) is 0 Å². The van der Waals surface area contributed by atoms with Gasteiger partial charge >= 0.3 is 0 Å². The summed E-state index contributed by atoms with van der Waals surface area (Å²) in [5, 5.41) is 9.30. The topological polar surface area (TPSA) is 24.1 Å². The van der Waals surface area contributed by atoms with Gasteiger partial charge in [-0.3, -0.25) is 0 Å². The average molecular weight is 224 g/mol. The lowest BCUT2D eigenvalue weighted by atomic mass is 10.1. The van der Waals surface area contributed by atoms with Crippen molar-refractivity contribution in [3.05, 3.63) is 21.9 Å². The first-order valence-corrected chi connectivity index (χ1v) is 6.71. The number of hydrogen-bond donors (Lipinski definition) is 2. The van der Waals surface area contributed by atoms with E-state index in [0.717, 1.165) is 6.54 Å². The van der Waals surface area contributed by atoms with Crippen LogP contribution < -0.4 is 10.6 Å². The summed E-state index contributed by atoms with van der Waals surface area (Å²) in [5.74, 6) is 0. The molecule has 2 N–H and O–H groups in total. The van der Waals surface area contributed by atoms with Gasteiger partial charge in [-0.15, -0.1) is 11.3 Å². The van der Waals surface area contributed by atoms with Crippen LogP contribution in [-0.2, 0) is 6.54 Å². The van der Waals surface area contributed by atoms with E-state index in [0.29, 0.717) is 6.04 Å². The zero-order valence-electron chi connectivity index (χ0n) is 9.38. The van der Waals surface area contributed by atoms with E-state index in [9.17, 15) is 0 Å². The zero-order chi connectivity index (χ0) is 10.5. The van der Waals surface area contributed by atoms with E-state index >= 15 is 0 Å². The third-order valence-corrected chi connectivity index (χ3v) is 4.12. The predicted octanol–water partition coefficient (Wildman–Crippen LogP) is 2.29. The molecular formula is C12H20N2S. The van der Waals surface area contributed by atoms with Crippen LogP contribution in [0.5, 0.6) is 0 Å². The Morgan fingerprint density at radius 1 is 1.47 bits per heavy atom. The molecule has 2 heterocycles. The van der Waals surface area contributed by atoms with Crippen LogP contribution in [-0.4, -0.2) is 19.1 Å². The molecule has 1 aliphatic rings. The standard InChI is InChI=1S/C12H20N2S/c1-10-5-8-15-12(10)9-14-11-3-2-6-13-7-4-11/h5,8,11,13-14H,2-4,6-7,9H2,1H3. The lowest BCUT2D eigenvalue weighted by Gasteiger charge is -2.15. The van der Waals surface area contributed by atoms with Gasteiger partial charge < -0.3 is 10.6 Å². The highest BCUT2D eigenvalue weighted by atomic mass is 32.1. The molecule has 2 nitrogen and oxygen atoms in total. The van der Waals surface area contributed by atoms with E-state index in [4.69, 9.17) is 0 Å². The summed E-state index contributed by atoms with van der Waals surface area (Å²) in [5.41, 5.74) is 1.43. The van der Waals surface area contributed by atoms with Crippen molar-refractivity contribution in [2.45, 2.75) is 38.8 Å². The van der Waals surface area contributed by atoms with Crippen LogP contribution in [0.25, 0.3) is 0 Å². The molecule has 0 spiro atoms. The van der Waals surface area contributed by atoms with E-state index in [1.165, 1.54) is 42.8 Å². The highest BCUT2D eigenvalue weighted by Crippen LogP contribution is 2.16. The fourth-order valence-electron chi connectivity index (χ4n) is 2.05. The van der Waals surface area contributed by atoms with Crippen LogP contribution >= 0.6 is 11.3 Å². The molecule has 1 saturated heterocycles. The molecule has 0 aromatic carbocycles. The minimum atomic E-state index is 0.710. The van der Waals surface area contributed by atoms with Crippen molar-refractivity contribution in [2.75, 3.05) is 13.1 Å². The van der Waals surface area contributed by atoms with Gasteiger partial charge in [0.25, 0.3) is 0 Å². The van der Waals surface area contributed by atoms with Gasteiger partial charge in [0.2, 0.25) is 0 Å². The molecule has 0 aliphatic carbocycles. The van der Waals surface area contributed by atoms with Gasteiger partial charge in [0.15, 0.2) is 0 Å². The first kappa shape index (κ1) is 11.1. The summed E-state index contributed by atoms with van der Waals surface area (Å²) < 4.78 is 0. The van der Waals surface area contributed by atoms with Crippen LogP contribution in [0.1, 0.15) is 29.7 Å². The van der Waals surface area contributed by atoms with E-state index in [2.05, 4.69) is 29.0 Å². The Balaban J connectivity index is 1.79. The number of rotatable bonds is 3. The van der Waals surface area contributed by atoms with Crippen molar-refractivity contribution < 1.29 is 0 Å². The molecule has 1 fully saturated rings. The van der Waals surface area contributed by atoms with Crippen LogP contribution in [0, 0.1) is 6.92 Å². The third-order valence-electron chi connectivity index (χ3n) is 3.10. The monoisotopic (exact) mass is 224 g/mol. The summed E-state index contributed by atoms with van der Waals surface area (Å²) in [6.07, 6.45) is 3.89. The molecule has 0 saturated carbocycles. The number of thiophene rings is 1. The van der Waals surface area contributed by atoms with Crippen LogP contribution in [0.3, 0.4) is 0 Å². The number of aryl methyl sites for hydroxylation is 1. The molecule has 84 valence electrons. The maximum absolute atomic E-state index is 3.68. The molecular weight excluding hydrogens is 204 g/mol. The molecule has 1 aromatic heterocycles. The minimum Gasteiger partial charge on any atom is -0.317 e.